The summed E-state index contributed by atoms with van der Waals surface area (Å²) in [5, 5.41) is 14.9. The first kappa shape index (κ1) is 20.9. The summed E-state index contributed by atoms with van der Waals surface area (Å²) in [5.74, 6) is -0.642. The van der Waals surface area contributed by atoms with Crippen molar-refractivity contribution in [3.8, 4) is 0 Å². The van der Waals surface area contributed by atoms with Crippen LogP contribution in [0.2, 0.25) is 0 Å². The van der Waals surface area contributed by atoms with E-state index in [0.717, 1.165) is 27.8 Å². The quantitative estimate of drug-likeness (QED) is 0.607. The van der Waals surface area contributed by atoms with Gasteiger partial charge in [0.25, 0.3) is 5.91 Å². The molecular formula is C23H19F3N2O3. The summed E-state index contributed by atoms with van der Waals surface area (Å²) in [6.07, 6.45) is -6.36. The first-order valence-corrected chi connectivity index (χ1v) is 9.59. The molecule has 0 aromatic heterocycles. The summed E-state index contributed by atoms with van der Waals surface area (Å²) < 4.78 is 39.8. The number of halogens is 3. The first-order valence-electron chi connectivity index (χ1n) is 9.59. The number of carbonyl (C=O) groups is 2. The number of β-amino-alcohol motifs (C(OH)–C–C–N with tert-alkyl or cyclic N) is 1. The predicted octanol–water partition coefficient (Wildman–Crippen LogP) is 4.36. The molecule has 1 fully saturated rings. The van der Waals surface area contributed by atoms with E-state index in [9.17, 15) is 27.9 Å². The second kappa shape index (κ2) is 7.39. The van der Waals surface area contributed by atoms with Gasteiger partial charge in [-0.3, -0.25) is 9.69 Å². The molecule has 3 amide bonds. The molecule has 4 rings (SSSR count). The van der Waals surface area contributed by atoms with Crippen LogP contribution in [0.1, 0.15) is 29.7 Å². The molecule has 160 valence electrons. The number of hydrogen-bond donors (Lipinski definition) is 2. The third-order valence-corrected chi connectivity index (χ3v) is 5.58. The third kappa shape index (κ3) is 3.63. The van der Waals surface area contributed by atoms with Crippen LogP contribution < -0.4 is 5.32 Å². The average molecular weight is 428 g/mol. The van der Waals surface area contributed by atoms with E-state index in [1.165, 1.54) is 19.1 Å². The van der Waals surface area contributed by atoms with Gasteiger partial charge in [0, 0.05) is 0 Å². The molecule has 2 unspecified atom stereocenters. The molecule has 3 aromatic carbocycles. The van der Waals surface area contributed by atoms with Gasteiger partial charge in [-0.05, 0) is 41.0 Å². The molecule has 31 heavy (non-hydrogen) atoms. The van der Waals surface area contributed by atoms with Crippen molar-refractivity contribution in [3.63, 3.8) is 0 Å². The van der Waals surface area contributed by atoms with E-state index < -0.39 is 47.4 Å². The van der Waals surface area contributed by atoms with E-state index in [1.54, 1.807) is 12.1 Å². The van der Waals surface area contributed by atoms with Crippen LogP contribution in [0, 0.1) is 0 Å². The lowest BCUT2D eigenvalue weighted by atomic mass is 9.90. The summed E-state index contributed by atoms with van der Waals surface area (Å²) >= 11 is 0. The van der Waals surface area contributed by atoms with Crippen molar-refractivity contribution < 1.29 is 27.9 Å². The summed E-state index contributed by atoms with van der Waals surface area (Å²) in [6.45, 7) is 0.939. The van der Waals surface area contributed by atoms with Crippen LogP contribution in [0.4, 0.5) is 18.0 Å². The Labute approximate surface area is 176 Å². The number of nitrogens with zero attached hydrogens (tertiary/aromatic N) is 1. The molecule has 0 aliphatic carbocycles. The average Bonchev–Trinajstić information content (AvgIpc) is 2.96. The van der Waals surface area contributed by atoms with Gasteiger partial charge in [0.1, 0.15) is 5.54 Å². The summed E-state index contributed by atoms with van der Waals surface area (Å²) in [7, 11) is 0. The van der Waals surface area contributed by atoms with Crippen molar-refractivity contribution in [3.05, 3.63) is 83.4 Å². The molecule has 3 aromatic rings. The summed E-state index contributed by atoms with van der Waals surface area (Å²) in [5.41, 5.74) is -2.26. The van der Waals surface area contributed by atoms with Crippen LogP contribution in [0.5, 0.6) is 0 Å². The van der Waals surface area contributed by atoms with Gasteiger partial charge in [0.2, 0.25) is 0 Å². The number of benzene rings is 3. The minimum atomic E-state index is -4.67. The maximum atomic E-state index is 13.3. The van der Waals surface area contributed by atoms with Crippen molar-refractivity contribution in [1.29, 1.82) is 0 Å². The first-order chi connectivity index (χ1) is 14.6. The van der Waals surface area contributed by atoms with Gasteiger partial charge in [0.05, 0.1) is 18.2 Å². The Kier molecular flexibility index (Phi) is 4.97. The molecule has 0 saturated carbocycles. The summed E-state index contributed by atoms with van der Waals surface area (Å²) in [6, 6.07) is 16.6. The number of alkyl halides is 3. The number of fused-ring (bicyclic) bond motifs is 1. The molecule has 1 heterocycles. The Morgan fingerprint density at radius 3 is 2.35 bits per heavy atom. The van der Waals surface area contributed by atoms with Crippen molar-refractivity contribution >= 4 is 22.7 Å². The third-order valence-electron chi connectivity index (χ3n) is 5.58. The van der Waals surface area contributed by atoms with E-state index in [4.69, 9.17) is 0 Å². The molecule has 5 nitrogen and oxygen atoms in total. The van der Waals surface area contributed by atoms with Crippen LogP contribution in [0.15, 0.2) is 66.7 Å². The lowest BCUT2D eigenvalue weighted by Crippen LogP contribution is -2.41. The Bertz CT molecular complexity index is 1180. The standard InChI is InChI=1S/C23H19F3N2O3/c1-22(16-11-10-14-6-2-3-7-15(14)12-16)20(30)28(21(31)27-22)13-19(29)17-8-4-5-9-18(17)23(24,25)26/h2-12,19,29H,13H2,1H3,(H,27,31). The molecule has 2 atom stereocenters. The topological polar surface area (TPSA) is 69.6 Å². The second-order valence-corrected chi connectivity index (χ2v) is 7.63. The van der Waals surface area contributed by atoms with Gasteiger partial charge in [-0.1, -0.05) is 54.6 Å². The Morgan fingerprint density at radius 1 is 1.00 bits per heavy atom. The number of rotatable bonds is 4. The van der Waals surface area contributed by atoms with Crippen LogP contribution in [-0.4, -0.2) is 28.5 Å². The van der Waals surface area contributed by atoms with Crippen molar-refractivity contribution in [1.82, 2.24) is 10.2 Å². The van der Waals surface area contributed by atoms with Gasteiger partial charge < -0.3 is 10.4 Å². The molecular weight excluding hydrogens is 409 g/mol. The Hall–Kier alpha value is -3.39. The molecule has 2 N–H and O–H groups in total. The highest BCUT2D eigenvalue weighted by Crippen LogP contribution is 2.36. The molecule has 1 saturated heterocycles. The van der Waals surface area contributed by atoms with E-state index in [2.05, 4.69) is 5.32 Å². The molecule has 0 radical (unpaired) electrons. The fraction of sp³-hybridized carbons (Fsp3) is 0.217. The zero-order chi connectivity index (χ0) is 22.4. The number of aliphatic hydroxyl groups excluding tert-OH is 1. The number of amides is 3. The molecule has 8 heteroatoms. The highest BCUT2D eigenvalue weighted by molar-refractivity contribution is 6.07. The smallest absolute Gasteiger partial charge is 0.387 e. The van der Waals surface area contributed by atoms with Gasteiger partial charge in [0.15, 0.2) is 0 Å². The zero-order valence-electron chi connectivity index (χ0n) is 16.5. The largest absolute Gasteiger partial charge is 0.416 e. The molecule has 0 bridgehead atoms. The molecule has 1 aliphatic heterocycles. The summed E-state index contributed by atoms with van der Waals surface area (Å²) in [4.78, 5) is 26.4. The second-order valence-electron chi connectivity index (χ2n) is 7.63. The molecule has 0 spiro atoms. The Morgan fingerprint density at radius 2 is 1.65 bits per heavy atom. The highest BCUT2D eigenvalue weighted by atomic mass is 19.4. The fourth-order valence-electron chi connectivity index (χ4n) is 3.88. The maximum Gasteiger partial charge on any atom is 0.416 e. The van der Waals surface area contributed by atoms with Crippen molar-refractivity contribution in [2.75, 3.05) is 6.54 Å². The van der Waals surface area contributed by atoms with Gasteiger partial charge >= 0.3 is 12.2 Å². The fourth-order valence-corrected chi connectivity index (χ4v) is 3.88. The van der Waals surface area contributed by atoms with Crippen molar-refractivity contribution in [2.45, 2.75) is 24.7 Å². The monoisotopic (exact) mass is 428 g/mol. The number of urea groups is 1. The highest BCUT2D eigenvalue weighted by Gasteiger charge is 2.49. The normalized spacial score (nSPS) is 20.2. The minimum Gasteiger partial charge on any atom is -0.387 e. The minimum absolute atomic E-state index is 0.394. The number of imide groups is 1. The van der Waals surface area contributed by atoms with E-state index in [1.807, 2.05) is 30.3 Å². The zero-order valence-corrected chi connectivity index (χ0v) is 16.5. The van der Waals surface area contributed by atoms with Gasteiger partial charge in [-0.15, -0.1) is 0 Å². The van der Waals surface area contributed by atoms with E-state index in [0.29, 0.717) is 5.56 Å². The SMILES string of the molecule is CC1(c2ccc3ccccc3c2)NC(=O)N(CC(O)c2ccccc2C(F)(F)F)C1=O. The Balaban J connectivity index is 1.63. The van der Waals surface area contributed by atoms with Crippen molar-refractivity contribution in [2.24, 2.45) is 0 Å². The number of carbonyl (C=O) groups excluding carboxylic acids is 2. The van der Waals surface area contributed by atoms with E-state index >= 15 is 0 Å². The maximum absolute atomic E-state index is 13.3. The van der Waals surface area contributed by atoms with E-state index in [-0.39, 0.29) is 0 Å². The lowest BCUT2D eigenvalue weighted by molar-refractivity contribution is -0.139. The number of hydrogen-bond acceptors (Lipinski definition) is 3. The predicted molar refractivity (Wildman–Crippen MR) is 108 cm³/mol. The van der Waals surface area contributed by atoms with Crippen LogP contribution in [0.25, 0.3) is 10.8 Å². The number of aliphatic hydroxyl groups is 1. The molecule has 1 aliphatic rings. The van der Waals surface area contributed by atoms with Gasteiger partial charge in [-0.25, -0.2) is 4.79 Å². The lowest BCUT2D eigenvalue weighted by Gasteiger charge is -2.24. The van der Waals surface area contributed by atoms with Crippen LogP contribution in [0.3, 0.4) is 0 Å². The van der Waals surface area contributed by atoms with Crippen LogP contribution >= 0.6 is 0 Å². The van der Waals surface area contributed by atoms with Crippen LogP contribution in [-0.2, 0) is 16.5 Å². The number of nitrogens with one attached hydrogen (secondary N) is 1. The van der Waals surface area contributed by atoms with Gasteiger partial charge in [-0.2, -0.15) is 13.2 Å².